The monoisotopic (exact) mass is 382 g/mol. The van der Waals surface area contributed by atoms with Gasteiger partial charge in [-0.05, 0) is 54.8 Å². The van der Waals surface area contributed by atoms with Crippen molar-refractivity contribution in [2.24, 2.45) is 0 Å². The lowest BCUT2D eigenvalue weighted by Crippen LogP contribution is -1.96. The Bertz CT molecular complexity index is 928. The van der Waals surface area contributed by atoms with Crippen LogP contribution in [0.4, 0.5) is 0 Å². The van der Waals surface area contributed by atoms with Gasteiger partial charge in [-0.1, -0.05) is 0 Å². The van der Waals surface area contributed by atoms with Crippen molar-refractivity contribution in [3.8, 4) is 17.4 Å². The largest absolute Gasteiger partial charge is 0.486 e. The Morgan fingerprint density at radius 2 is 2.00 bits per heavy atom. The lowest BCUT2D eigenvalue weighted by molar-refractivity contribution is -0.131. The average molecular weight is 382 g/mol. The first kappa shape index (κ1) is 18.6. The van der Waals surface area contributed by atoms with E-state index in [2.05, 4.69) is 9.97 Å². The Kier molecular flexibility index (Phi) is 5.83. The minimum absolute atomic E-state index is 0.454. The fourth-order valence-electron chi connectivity index (χ4n) is 2.49. The molecule has 0 fully saturated rings. The number of aromatic nitrogens is 2. The Hall–Kier alpha value is -3.19. The number of nitrogens with zero attached hydrogens (tertiary/aromatic N) is 2. The number of carboxylic acids is 1. The van der Waals surface area contributed by atoms with Crippen molar-refractivity contribution in [3.63, 3.8) is 0 Å². The molecule has 1 N–H and O–H groups in total. The third-order valence-corrected chi connectivity index (χ3v) is 4.43. The number of aliphatic carboxylic acids is 1. The second kappa shape index (κ2) is 8.46. The standard InChI is InChI=1S/C20H18N2O4S/c1-13-7-15(3-6-19(23)24)8-14(2)20(13)26-18-5-4-16(9-22-18)25-11-17-10-21-12-27-17/h3-10,12H,11H2,1-2H3,(H,23,24). The van der Waals surface area contributed by atoms with Gasteiger partial charge >= 0.3 is 5.97 Å². The van der Waals surface area contributed by atoms with Crippen LogP contribution >= 0.6 is 11.3 Å². The minimum Gasteiger partial charge on any atom is -0.486 e. The van der Waals surface area contributed by atoms with Gasteiger partial charge in [0.1, 0.15) is 18.1 Å². The van der Waals surface area contributed by atoms with Crippen molar-refractivity contribution in [2.75, 3.05) is 0 Å². The second-order valence-corrected chi connectivity index (χ2v) is 6.82. The maximum absolute atomic E-state index is 10.7. The molecule has 138 valence electrons. The number of thiazole rings is 1. The molecular weight excluding hydrogens is 364 g/mol. The predicted molar refractivity (Wildman–Crippen MR) is 103 cm³/mol. The highest BCUT2D eigenvalue weighted by atomic mass is 32.1. The van der Waals surface area contributed by atoms with Crippen molar-refractivity contribution in [2.45, 2.75) is 20.5 Å². The van der Waals surface area contributed by atoms with Gasteiger partial charge in [-0.15, -0.1) is 11.3 Å². The zero-order chi connectivity index (χ0) is 19.2. The summed E-state index contributed by atoms with van der Waals surface area (Å²) in [6.45, 7) is 4.27. The van der Waals surface area contributed by atoms with E-state index in [1.54, 1.807) is 36.1 Å². The Balaban J connectivity index is 1.68. The third-order valence-electron chi connectivity index (χ3n) is 3.68. The van der Waals surface area contributed by atoms with Gasteiger partial charge in [0.25, 0.3) is 0 Å². The van der Waals surface area contributed by atoms with Crippen LogP contribution in [0.2, 0.25) is 0 Å². The fraction of sp³-hybridized carbons (Fsp3) is 0.150. The molecule has 27 heavy (non-hydrogen) atoms. The van der Waals surface area contributed by atoms with E-state index in [0.717, 1.165) is 27.6 Å². The molecule has 7 heteroatoms. The van der Waals surface area contributed by atoms with Crippen LogP contribution < -0.4 is 9.47 Å². The molecule has 0 atom stereocenters. The van der Waals surface area contributed by atoms with Gasteiger partial charge in [0.05, 0.1) is 16.6 Å². The Morgan fingerprint density at radius 3 is 2.59 bits per heavy atom. The predicted octanol–water partition coefficient (Wildman–Crippen LogP) is 4.62. The molecule has 0 aliphatic rings. The van der Waals surface area contributed by atoms with Gasteiger partial charge < -0.3 is 14.6 Å². The average Bonchev–Trinajstić information content (AvgIpc) is 3.16. The summed E-state index contributed by atoms with van der Waals surface area (Å²) in [4.78, 5) is 20.0. The molecule has 0 saturated carbocycles. The van der Waals surface area contributed by atoms with Crippen molar-refractivity contribution in [1.29, 1.82) is 0 Å². The summed E-state index contributed by atoms with van der Waals surface area (Å²) >= 11 is 1.54. The number of rotatable bonds is 7. The lowest BCUT2D eigenvalue weighted by atomic mass is 10.1. The first-order valence-electron chi connectivity index (χ1n) is 8.17. The highest BCUT2D eigenvalue weighted by Gasteiger charge is 2.08. The molecular formula is C20H18N2O4S. The number of hydrogen-bond acceptors (Lipinski definition) is 6. The molecule has 2 aromatic heterocycles. The van der Waals surface area contributed by atoms with Gasteiger partial charge in [-0.25, -0.2) is 9.78 Å². The Morgan fingerprint density at radius 1 is 1.22 bits per heavy atom. The zero-order valence-corrected chi connectivity index (χ0v) is 15.7. The number of pyridine rings is 1. The number of carboxylic acid groups (broad SMARTS) is 1. The smallest absolute Gasteiger partial charge is 0.328 e. The van der Waals surface area contributed by atoms with E-state index in [9.17, 15) is 4.79 Å². The van der Waals surface area contributed by atoms with E-state index in [4.69, 9.17) is 14.6 Å². The number of hydrogen-bond donors (Lipinski definition) is 1. The van der Waals surface area contributed by atoms with Crippen LogP contribution in [0.25, 0.3) is 6.08 Å². The van der Waals surface area contributed by atoms with Crippen molar-refractivity contribution in [3.05, 3.63) is 69.8 Å². The normalized spacial score (nSPS) is 10.9. The minimum atomic E-state index is -0.979. The highest BCUT2D eigenvalue weighted by molar-refractivity contribution is 7.09. The molecule has 0 amide bonds. The molecule has 0 aliphatic heterocycles. The maximum atomic E-state index is 10.7. The van der Waals surface area contributed by atoms with Gasteiger partial charge in [-0.2, -0.15) is 0 Å². The first-order valence-corrected chi connectivity index (χ1v) is 9.05. The molecule has 0 aliphatic carbocycles. The number of carbonyl (C=O) groups is 1. The maximum Gasteiger partial charge on any atom is 0.328 e. The molecule has 0 bridgehead atoms. The summed E-state index contributed by atoms with van der Waals surface area (Å²) in [7, 11) is 0. The van der Waals surface area contributed by atoms with Crippen LogP contribution in [0.5, 0.6) is 17.4 Å². The molecule has 0 saturated heterocycles. The molecule has 0 radical (unpaired) electrons. The summed E-state index contributed by atoms with van der Waals surface area (Å²) in [5.74, 6) is 0.833. The quantitative estimate of drug-likeness (QED) is 0.600. The van der Waals surface area contributed by atoms with Crippen molar-refractivity contribution >= 4 is 23.4 Å². The van der Waals surface area contributed by atoms with Gasteiger partial charge in [0.15, 0.2) is 0 Å². The molecule has 1 aromatic carbocycles. The number of benzene rings is 1. The third kappa shape index (κ3) is 5.15. The first-order chi connectivity index (χ1) is 13.0. The Labute approximate surface area is 160 Å². The lowest BCUT2D eigenvalue weighted by Gasteiger charge is -2.12. The summed E-state index contributed by atoms with van der Waals surface area (Å²) in [6.07, 6.45) is 6.06. The van der Waals surface area contributed by atoms with Crippen LogP contribution in [0.3, 0.4) is 0 Å². The van der Waals surface area contributed by atoms with E-state index in [1.807, 2.05) is 26.0 Å². The number of aryl methyl sites for hydroxylation is 2. The molecule has 2 heterocycles. The van der Waals surface area contributed by atoms with Crippen LogP contribution in [-0.4, -0.2) is 21.0 Å². The van der Waals surface area contributed by atoms with Gasteiger partial charge in [-0.3, -0.25) is 4.98 Å². The molecule has 0 spiro atoms. The number of ether oxygens (including phenoxy) is 2. The van der Waals surface area contributed by atoms with E-state index in [-0.39, 0.29) is 0 Å². The summed E-state index contributed by atoms with van der Waals surface area (Å²) in [6, 6.07) is 7.29. The molecule has 3 rings (SSSR count). The van der Waals surface area contributed by atoms with E-state index >= 15 is 0 Å². The summed E-state index contributed by atoms with van der Waals surface area (Å²) in [5.41, 5.74) is 4.36. The SMILES string of the molecule is Cc1cc(C=CC(=O)O)cc(C)c1Oc1ccc(OCc2cncs2)cn1. The van der Waals surface area contributed by atoms with E-state index < -0.39 is 5.97 Å². The van der Waals surface area contributed by atoms with Crippen molar-refractivity contribution < 1.29 is 19.4 Å². The topological polar surface area (TPSA) is 81.5 Å². The molecule has 3 aromatic rings. The van der Waals surface area contributed by atoms with Gasteiger partial charge in [0.2, 0.25) is 5.88 Å². The second-order valence-electron chi connectivity index (χ2n) is 5.85. The van der Waals surface area contributed by atoms with Crippen LogP contribution in [0.1, 0.15) is 21.6 Å². The summed E-state index contributed by atoms with van der Waals surface area (Å²) in [5, 5.41) is 8.74. The van der Waals surface area contributed by atoms with E-state index in [0.29, 0.717) is 24.0 Å². The molecule has 6 nitrogen and oxygen atoms in total. The van der Waals surface area contributed by atoms with Crippen molar-refractivity contribution in [1.82, 2.24) is 9.97 Å². The van der Waals surface area contributed by atoms with Crippen LogP contribution in [0, 0.1) is 13.8 Å². The highest BCUT2D eigenvalue weighted by Crippen LogP contribution is 2.30. The fourth-order valence-corrected chi connectivity index (χ4v) is 3.00. The summed E-state index contributed by atoms with van der Waals surface area (Å²) < 4.78 is 11.6. The zero-order valence-electron chi connectivity index (χ0n) is 14.9. The van der Waals surface area contributed by atoms with Gasteiger partial charge in [0, 0.05) is 18.3 Å². The van der Waals surface area contributed by atoms with E-state index in [1.165, 1.54) is 11.3 Å². The van der Waals surface area contributed by atoms with Crippen LogP contribution in [-0.2, 0) is 11.4 Å². The molecule has 0 unspecified atom stereocenters. The van der Waals surface area contributed by atoms with Crippen LogP contribution in [0.15, 0.2) is 48.2 Å².